The van der Waals surface area contributed by atoms with E-state index in [0.29, 0.717) is 12.1 Å². The molecule has 2 rings (SSSR count). The van der Waals surface area contributed by atoms with Crippen LogP contribution in [-0.4, -0.2) is 5.91 Å². The second-order valence-electron chi connectivity index (χ2n) is 3.72. The normalized spacial score (nSPS) is 9.94. The number of hydrogen-bond acceptors (Lipinski definition) is 2. The zero-order chi connectivity index (χ0) is 12.1. The summed E-state index contributed by atoms with van der Waals surface area (Å²) in [6.45, 7) is 0.437. The van der Waals surface area contributed by atoms with Crippen LogP contribution in [0.25, 0.3) is 0 Å². The van der Waals surface area contributed by atoms with E-state index in [2.05, 4.69) is 5.32 Å². The van der Waals surface area contributed by atoms with Crippen molar-refractivity contribution in [2.45, 2.75) is 6.54 Å². The molecule has 0 atom stereocenters. The first-order valence-electron chi connectivity index (χ1n) is 5.45. The number of carbonyl (C=O) groups is 1. The number of rotatable bonds is 3. The van der Waals surface area contributed by atoms with Gasteiger partial charge in [0, 0.05) is 17.8 Å². The Morgan fingerprint density at radius 3 is 2.53 bits per heavy atom. The maximum Gasteiger partial charge on any atom is 0.255 e. The summed E-state index contributed by atoms with van der Waals surface area (Å²) in [4.78, 5) is 11.9. The van der Waals surface area contributed by atoms with Crippen molar-refractivity contribution in [1.29, 1.82) is 0 Å². The van der Waals surface area contributed by atoms with Gasteiger partial charge in [0.1, 0.15) is 0 Å². The number of carbonyl (C=O) groups excluding carboxylic acids is 1. The van der Waals surface area contributed by atoms with E-state index in [-0.39, 0.29) is 5.91 Å². The van der Waals surface area contributed by atoms with Crippen LogP contribution in [0, 0.1) is 0 Å². The molecule has 0 aliphatic carbocycles. The average molecular weight is 226 g/mol. The largest absolute Gasteiger partial charge is 0.326 e. The summed E-state index contributed by atoms with van der Waals surface area (Å²) in [7, 11) is 0. The number of benzene rings is 2. The van der Waals surface area contributed by atoms with Crippen molar-refractivity contribution in [3.05, 3.63) is 65.7 Å². The molecule has 86 valence electrons. The molecule has 3 heteroatoms. The van der Waals surface area contributed by atoms with Crippen molar-refractivity contribution in [3.63, 3.8) is 0 Å². The smallest absolute Gasteiger partial charge is 0.255 e. The van der Waals surface area contributed by atoms with Gasteiger partial charge in [-0.1, -0.05) is 30.3 Å². The van der Waals surface area contributed by atoms with Crippen molar-refractivity contribution >= 4 is 11.6 Å². The van der Waals surface area contributed by atoms with E-state index in [1.54, 1.807) is 12.1 Å². The monoisotopic (exact) mass is 226 g/mol. The predicted octanol–water partition coefficient (Wildman–Crippen LogP) is 2.40. The van der Waals surface area contributed by atoms with Crippen molar-refractivity contribution in [3.8, 4) is 0 Å². The summed E-state index contributed by atoms with van der Waals surface area (Å²) in [5.41, 5.74) is 7.90. The van der Waals surface area contributed by atoms with Crippen LogP contribution >= 0.6 is 0 Å². The molecule has 0 unspecified atom stereocenters. The second-order valence-corrected chi connectivity index (χ2v) is 3.72. The van der Waals surface area contributed by atoms with Crippen molar-refractivity contribution < 1.29 is 4.79 Å². The molecule has 0 fully saturated rings. The number of nitrogens with two attached hydrogens (primary N) is 1. The van der Waals surface area contributed by atoms with E-state index >= 15 is 0 Å². The van der Waals surface area contributed by atoms with Gasteiger partial charge in [-0.15, -0.1) is 0 Å². The lowest BCUT2D eigenvalue weighted by Crippen LogP contribution is -2.12. The van der Waals surface area contributed by atoms with E-state index in [9.17, 15) is 4.79 Å². The molecule has 2 aromatic rings. The molecule has 0 saturated carbocycles. The SMILES string of the molecule is NCc1cccc(C(=O)Nc2ccccc2)c1. The minimum Gasteiger partial charge on any atom is -0.326 e. The Bertz CT molecular complexity index is 509. The van der Waals surface area contributed by atoms with Gasteiger partial charge < -0.3 is 11.1 Å². The molecular weight excluding hydrogens is 212 g/mol. The second kappa shape index (κ2) is 5.27. The molecule has 0 radical (unpaired) electrons. The van der Waals surface area contributed by atoms with Gasteiger partial charge in [0.15, 0.2) is 0 Å². The molecule has 17 heavy (non-hydrogen) atoms. The van der Waals surface area contributed by atoms with Gasteiger partial charge in [-0.3, -0.25) is 4.79 Å². The minimum atomic E-state index is -0.119. The Hall–Kier alpha value is -2.13. The lowest BCUT2D eigenvalue weighted by molar-refractivity contribution is 0.102. The van der Waals surface area contributed by atoms with Gasteiger partial charge in [-0.25, -0.2) is 0 Å². The molecule has 0 aliphatic rings. The number of nitrogens with one attached hydrogen (secondary N) is 1. The Labute approximate surface area is 100 Å². The highest BCUT2D eigenvalue weighted by Crippen LogP contribution is 2.10. The molecule has 1 amide bonds. The van der Waals surface area contributed by atoms with Crippen LogP contribution in [0.4, 0.5) is 5.69 Å². The molecule has 0 heterocycles. The quantitative estimate of drug-likeness (QED) is 0.844. The van der Waals surface area contributed by atoms with Crippen LogP contribution in [-0.2, 0) is 6.54 Å². The standard InChI is InChI=1S/C14H14N2O/c15-10-11-5-4-6-12(9-11)14(17)16-13-7-2-1-3-8-13/h1-9H,10,15H2,(H,16,17). The van der Waals surface area contributed by atoms with Crippen LogP contribution in [0.2, 0.25) is 0 Å². The maximum atomic E-state index is 11.9. The summed E-state index contributed by atoms with van der Waals surface area (Å²) in [6, 6.07) is 16.7. The molecule has 0 bridgehead atoms. The van der Waals surface area contributed by atoms with Gasteiger partial charge in [-0.2, -0.15) is 0 Å². The third-order valence-electron chi connectivity index (χ3n) is 2.46. The van der Waals surface area contributed by atoms with Gasteiger partial charge in [0.05, 0.1) is 0 Å². The molecule has 3 nitrogen and oxygen atoms in total. The lowest BCUT2D eigenvalue weighted by Gasteiger charge is -2.06. The van der Waals surface area contributed by atoms with Crippen molar-refractivity contribution in [2.75, 3.05) is 5.32 Å². The summed E-state index contributed by atoms with van der Waals surface area (Å²) in [5.74, 6) is -0.119. The van der Waals surface area contributed by atoms with Crippen LogP contribution in [0.5, 0.6) is 0 Å². The zero-order valence-electron chi connectivity index (χ0n) is 9.39. The zero-order valence-corrected chi connectivity index (χ0v) is 9.39. The van der Waals surface area contributed by atoms with Crippen molar-refractivity contribution in [1.82, 2.24) is 0 Å². The summed E-state index contributed by atoms with van der Waals surface area (Å²) >= 11 is 0. The molecule has 0 aliphatic heterocycles. The molecular formula is C14H14N2O. The van der Waals surface area contributed by atoms with E-state index in [1.807, 2.05) is 42.5 Å². The molecule has 3 N–H and O–H groups in total. The Balaban J connectivity index is 2.14. The van der Waals surface area contributed by atoms with Crippen molar-refractivity contribution in [2.24, 2.45) is 5.73 Å². The molecule has 0 saturated heterocycles. The maximum absolute atomic E-state index is 11.9. The lowest BCUT2D eigenvalue weighted by atomic mass is 10.1. The number of amides is 1. The van der Waals surface area contributed by atoms with Gasteiger partial charge in [-0.05, 0) is 29.8 Å². The Kier molecular flexibility index (Phi) is 3.52. The fourth-order valence-corrected chi connectivity index (χ4v) is 1.56. The van der Waals surface area contributed by atoms with E-state index in [4.69, 9.17) is 5.73 Å². The first-order chi connectivity index (χ1) is 8.29. The molecule has 0 spiro atoms. The van der Waals surface area contributed by atoms with Crippen LogP contribution in [0.15, 0.2) is 54.6 Å². The fourth-order valence-electron chi connectivity index (χ4n) is 1.56. The number of hydrogen-bond donors (Lipinski definition) is 2. The third kappa shape index (κ3) is 2.92. The summed E-state index contributed by atoms with van der Waals surface area (Å²) < 4.78 is 0. The van der Waals surface area contributed by atoms with Crippen LogP contribution in [0.1, 0.15) is 15.9 Å². The first-order valence-corrected chi connectivity index (χ1v) is 5.45. The Morgan fingerprint density at radius 2 is 1.82 bits per heavy atom. The van der Waals surface area contributed by atoms with E-state index in [0.717, 1.165) is 11.3 Å². The third-order valence-corrected chi connectivity index (χ3v) is 2.46. The highest BCUT2D eigenvalue weighted by atomic mass is 16.1. The number of anilines is 1. The molecule has 2 aromatic carbocycles. The van der Waals surface area contributed by atoms with Crippen LogP contribution < -0.4 is 11.1 Å². The van der Waals surface area contributed by atoms with E-state index < -0.39 is 0 Å². The topological polar surface area (TPSA) is 55.1 Å². The van der Waals surface area contributed by atoms with Gasteiger partial charge in [0.25, 0.3) is 5.91 Å². The Morgan fingerprint density at radius 1 is 1.06 bits per heavy atom. The summed E-state index contributed by atoms with van der Waals surface area (Å²) in [6.07, 6.45) is 0. The fraction of sp³-hybridized carbons (Fsp3) is 0.0714. The van der Waals surface area contributed by atoms with Gasteiger partial charge >= 0.3 is 0 Å². The first kappa shape index (κ1) is 11.4. The average Bonchev–Trinajstić information content (AvgIpc) is 2.40. The highest BCUT2D eigenvalue weighted by molar-refractivity contribution is 6.04. The minimum absolute atomic E-state index is 0.119. The molecule has 0 aromatic heterocycles. The predicted molar refractivity (Wildman–Crippen MR) is 68.7 cm³/mol. The number of para-hydroxylation sites is 1. The van der Waals surface area contributed by atoms with Gasteiger partial charge in [0.2, 0.25) is 0 Å². The highest BCUT2D eigenvalue weighted by Gasteiger charge is 2.05. The summed E-state index contributed by atoms with van der Waals surface area (Å²) in [5, 5.41) is 2.83. The van der Waals surface area contributed by atoms with Crippen LogP contribution in [0.3, 0.4) is 0 Å². The van der Waals surface area contributed by atoms with E-state index in [1.165, 1.54) is 0 Å².